The van der Waals surface area contributed by atoms with Crippen LogP contribution >= 0.6 is 0 Å². The number of nitrogens with one attached hydrogen (secondary N) is 1. The summed E-state index contributed by atoms with van der Waals surface area (Å²) in [5, 5.41) is 6.74. The summed E-state index contributed by atoms with van der Waals surface area (Å²) < 4.78 is 5.21. The molecule has 0 spiro atoms. The highest BCUT2D eigenvalue weighted by Crippen LogP contribution is 2.26. The highest BCUT2D eigenvalue weighted by atomic mass is 16.5. The zero-order chi connectivity index (χ0) is 14.7. The maximum absolute atomic E-state index is 11.9. The van der Waals surface area contributed by atoms with Crippen LogP contribution in [0.3, 0.4) is 0 Å². The highest BCUT2D eigenvalue weighted by Gasteiger charge is 2.27. The molecule has 6 nitrogen and oxygen atoms in total. The van der Waals surface area contributed by atoms with Gasteiger partial charge in [0.05, 0.1) is 6.54 Å². The summed E-state index contributed by atoms with van der Waals surface area (Å²) in [4.78, 5) is 18.3. The Kier molecular flexibility index (Phi) is 3.96. The number of nitrogens with zero attached hydrogens (tertiary/aromatic N) is 3. The van der Waals surface area contributed by atoms with E-state index in [-0.39, 0.29) is 11.9 Å². The van der Waals surface area contributed by atoms with Crippen LogP contribution in [0.5, 0.6) is 0 Å². The molecule has 1 fully saturated rings. The first-order valence-electron chi connectivity index (χ1n) is 7.07. The van der Waals surface area contributed by atoms with E-state index in [1.165, 1.54) is 0 Å². The number of amides is 1. The number of rotatable bonds is 3. The maximum atomic E-state index is 11.9. The molecule has 1 aliphatic rings. The predicted octanol–water partition coefficient (Wildman–Crippen LogP) is 1.44. The number of benzene rings is 1. The van der Waals surface area contributed by atoms with E-state index < -0.39 is 0 Å². The third kappa shape index (κ3) is 3.28. The topological polar surface area (TPSA) is 71.3 Å². The second-order valence-electron chi connectivity index (χ2n) is 5.19. The molecular weight excluding hydrogens is 268 g/mol. The average Bonchev–Trinajstić information content (AvgIpc) is 2.80. The molecule has 21 heavy (non-hydrogen) atoms. The smallest absolute Gasteiger partial charge is 0.240 e. The van der Waals surface area contributed by atoms with E-state index >= 15 is 0 Å². The van der Waals surface area contributed by atoms with Crippen LogP contribution in [0.15, 0.2) is 34.9 Å². The quantitative estimate of drug-likeness (QED) is 0.924. The molecule has 110 valence electrons. The molecule has 0 unspecified atom stereocenters. The fourth-order valence-corrected chi connectivity index (χ4v) is 2.64. The molecule has 3 rings (SSSR count). The molecule has 6 heteroatoms. The summed E-state index contributed by atoms with van der Waals surface area (Å²) in [5.74, 6) is 1.29. The van der Waals surface area contributed by atoms with Gasteiger partial charge in [-0.2, -0.15) is 4.98 Å². The van der Waals surface area contributed by atoms with Gasteiger partial charge in [0.2, 0.25) is 11.8 Å². The van der Waals surface area contributed by atoms with E-state index in [9.17, 15) is 4.79 Å². The molecule has 2 heterocycles. The van der Waals surface area contributed by atoms with E-state index in [1.807, 2.05) is 18.2 Å². The van der Waals surface area contributed by atoms with Gasteiger partial charge in [0.1, 0.15) is 0 Å². The standard InChI is InChI=1S/C15H18N4O2/c1-11-17-15(21-18-11)10-19-8-7-16-14(20)9-13(19)12-5-3-2-4-6-12/h2-6,13H,7-10H2,1H3,(H,16,20)/t13-/m1/s1. The van der Waals surface area contributed by atoms with Crippen molar-refractivity contribution in [3.05, 3.63) is 47.6 Å². The van der Waals surface area contributed by atoms with Gasteiger partial charge in [-0.25, -0.2) is 0 Å². The van der Waals surface area contributed by atoms with Crippen LogP contribution in [0.4, 0.5) is 0 Å². The van der Waals surface area contributed by atoms with Crippen molar-refractivity contribution in [3.8, 4) is 0 Å². The summed E-state index contributed by atoms with van der Waals surface area (Å²) in [5.41, 5.74) is 1.13. The van der Waals surface area contributed by atoms with Crippen molar-refractivity contribution in [3.63, 3.8) is 0 Å². The van der Waals surface area contributed by atoms with Crippen molar-refractivity contribution < 1.29 is 9.32 Å². The molecule has 1 aliphatic heterocycles. The highest BCUT2D eigenvalue weighted by molar-refractivity contribution is 5.77. The summed E-state index contributed by atoms with van der Waals surface area (Å²) in [6, 6.07) is 10.1. The van der Waals surface area contributed by atoms with Crippen molar-refractivity contribution in [1.29, 1.82) is 0 Å². The lowest BCUT2D eigenvalue weighted by atomic mass is 10.0. The van der Waals surface area contributed by atoms with E-state index in [1.54, 1.807) is 6.92 Å². The van der Waals surface area contributed by atoms with Crippen LogP contribution in [0, 0.1) is 6.92 Å². The number of carbonyl (C=O) groups excluding carboxylic acids is 1. The third-order valence-corrected chi connectivity index (χ3v) is 3.63. The van der Waals surface area contributed by atoms with Crippen LogP contribution in [-0.4, -0.2) is 34.0 Å². The summed E-state index contributed by atoms with van der Waals surface area (Å²) >= 11 is 0. The Morgan fingerprint density at radius 3 is 2.90 bits per heavy atom. The fourth-order valence-electron chi connectivity index (χ4n) is 2.64. The first-order valence-corrected chi connectivity index (χ1v) is 7.07. The Bertz CT molecular complexity index is 611. The number of aromatic nitrogens is 2. The van der Waals surface area contributed by atoms with Gasteiger partial charge in [-0.3, -0.25) is 9.69 Å². The predicted molar refractivity (Wildman–Crippen MR) is 76.3 cm³/mol. The van der Waals surface area contributed by atoms with Crippen LogP contribution < -0.4 is 5.32 Å². The molecule has 0 radical (unpaired) electrons. The molecule has 1 aromatic carbocycles. The van der Waals surface area contributed by atoms with Crippen molar-refractivity contribution in [2.24, 2.45) is 0 Å². The minimum atomic E-state index is 0.0286. The van der Waals surface area contributed by atoms with Gasteiger partial charge in [-0.05, 0) is 12.5 Å². The Morgan fingerprint density at radius 1 is 1.38 bits per heavy atom. The lowest BCUT2D eigenvalue weighted by Crippen LogP contribution is -2.30. The molecule has 0 bridgehead atoms. The maximum Gasteiger partial charge on any atom is 0.240 e. The molecular formula is C15H18N4O2. The van der Waals surface area contributed by atoms with Crippen LogP contribution in [0.1, 0.15) is 29.7 Å². The van der Waals surface area contributed by atoms with Gasteiger partial charge in [-0.15, -0.1) is 0 Å². The summed E-state index contributed by atoms with van der Waals surface area (Å²) in [7, 11) is 0. The zero-order valence-electron chi connectivity index (χ0n) is 12.0. The monoisotopic (exact) mass is 286 g/mol. The Balaban J connectivity index is 1.85. The van der Waals surface area contributed by atoms with E-state index in [4.69, 9.17) is 4.52 Å². The number of carbonyl (C=O) groups is 1. The van der Waals surface area contributed by atoms with Gasteiger partial charge in [0.15, 0.2) is 5.82 Å². The molecule has 1 aromatic heterocycles. The third-order valence-electron chi connectivity index (χ3n) is 3.63. The van der Waals surface area contributed by atoms with Crippen molar-refractivity contribution >= 4 is 5.91 Å². The minimum absolute atomic E-state index is 0.0286. The van der Waals surface area contributed by atoms with Crippen LogP contribution in [0.2, 0.25) is 0 Å². The molecule has 2 aromatic rings. The Labute approximate surface area is 123 Å². The van der Waals surface area contributed by atoms with Crippen LogP contribution in [-0.2, 0) is 11.3 Å². The molecule has 1 saturated heterocycles. The van der Waals surface area contributed by atoms with E-state index in [2.05, 4.69) is 32.5 Å². The lowest BCUT2D eigenvalue weighted by molar-refractivity contribution is -0.121. The van der Waals surface area contributed by atoms with Gasteiger partial charge in [0.25, 0.3) is 0 Å². The van der Waals surface area contributed by atoms with Crippen molar-refractivity contribution in [2.75, 3.05) is 13.1 Å². The van der Waals surface area contributed by atoms with Crippen molar-refractivity contribution in [1.82, 2.24) is 20.4 Å². The average molecular weight is 286 g/mol. The SMILES string of the molecule is Cc1noc(CN2CCNC(=O)C[C@@H]2c2ccccc2)n1. The Morgan fingerprint density at radius 2 is 2.19 bits per heavy atom. The normalized spacial score (nSPS) is 20.0. The summed E-state index contributed by atoms with van der Waals surface area (Å²) in [6.45, 7) is 3.74. The van der Waals surface area contributed by atoms with Gasteiger partial charge in [-0.1, -0.05) is 35.5 Å². The first-order chi connectivity index (χ1) is 10.2. The molecule has 0 saturated carbocycles. The van der Waals surface area contributed by atoms with Gasteiger partial charge in [0, 0.05) is 25.6 Å². The minimum Gasteiger partial charge on any atom is -0.355 e. The van der Waals surface area contributed by atoms with Crippen molar-refractivity contribution in [2.45, 2.75) is 25.9 Å². The molecule has 1 atom stereocenters. The first kappa shape index (κ1) is 13.8. The summed E-state index contributed by atoms with van der Waals surface area (Å²) in [6.07, 6.45) is 0.442. The molecule has 0 aliphatic carbocycles. The second kappa shape index (κ2) is 6.05. The molecule has 1 amide bonds. The fraction of sp³-hybridized carbons (Fsp3) is 0.400. The van der Waals surface area contributed by atoms with Crippen LogP contribution in [0.25, 0.3) is 0 Å². The lowest BCUT2D eigenvalue weighted by Gasteiger charge is -2.27. The number of aryl methyl sites for hydroxylation is 1. The van der Waals surface area contributed by atoms with E-state index in [0.29, 0.717) is 31.2 Å². The van der Waals surface area contributed by atoms with E-state index in [0.717, 1.165) is 12.1 Å². The second-order valence-corrected chi connectivity index (χ2v) is 5.19. The van der Waals surface area contributed by atoms with Gasteiger partial charge >= 0.3 is 0 Å². The molecule has 1 N–H and O–H groups in total. The van der Waals surface area contributed by atoms with Gasteiger partial charge < -0.3 is 9.84 Å². The Hall–Kier alpha value is -2.21. The largest absolute Gasteiger partial charge is 0.355 e. The number of hydrogen-bond donors (Lipinski definition) is 1. The zero-order valence-corrected chi connectivity index (χ0v) is 12.0. The number of hydrogen-bond acceptors (Lipinski definition) is 5.